The number of hydrogen-bond donors (Lipinski definition) is 1. The van der Waals surface area contributed by atoms with Gasteiger partial charge in [-0.1, -0.05) is 48.0 Å². The van der Waals surface area contributed by atoms with Crippen LogP contribution in [0.25, 0.3) is 0 Å². The zero-order valence-electron chi connectivity index (χ0n) is 14.6. The highest BCUT2D eigenvalue weighted by Gasteiger charge is 2.02. The Morgan fingerprint density at radius 3 is 2.35 bits per heavy atom. The second kappa shape index (κ2) is 8.62. The molecule has 0 aromatic heterocycles. The third-order valence-electron chi connectivity index (χ3n) is 3.82. The van der Waals surface area contributed by atoms with E-state index >= 15 is 0 Å². The highest BCUT2D eigenvalue weighted by Crippen LogP contribution is 2.13. The number of amides is 1. The van der Waals surface area contributed by atoms with Gasteiger partial charge in [0.1, 0.15) is 12.4 Å². The molecule has 0 unspecified atom stereocenters. The lowest BCUT2D eigenvalue weighted by Crippen LogP contribution is -2.17. The van der Waals surface area contributed by atoms with E-state index < -0.39 is 0 Å². The molecule has 3 aromatic rings. The Kier molecular flexibility index (Phi) is 5.78. The van der Waals surface area contributed by atoms with Gasteiger partial charge in [0.05, 0.1) is 6.21 Å². The number of hydrogen-bond acceptors (Lipinski definition) is 3. The summed E-state index contributed by atoms with van der Waals surface area (Å²) in [7, 11) is 0. The lowest BCUT2D eigenvalue weighted by atomic mass is 10.1. The van der Waals surface area contributed by atoms with E-state index in [4.69, 9.17) is 4.74 Å². The molecule has 4 nitrogen and oxygen atoms in total. The van der Waals surface area contributed by atoms with E-state index in [9.17, 15) is 4.79 Å². The average Bonchev–Trinajstić information content (AvgIpc) is 2.68. The molecular weight excluding hydrogens is 324 g/mol. The first kappa shape index (κ1) is 17.4. The molecular formula is C22H20N2O2. The quantitative estimate of drug-likeness (QED) is 0.534. The van der Waals surface area contributed by atoms with E-state index in [1.165, 1.54) is 0 Å². The first-order valence-corrected chi connectivity index (χ1v) is 8.37. The molecule has 0 saturated heterocycles. The lowest BCUT2D eigenvalue weighted by molar-refractivity contribution is 0.0955. The van der Waals surface area contributed by atoms with Crippen molar-refractivity contribution in [1.29, 1.82) is 0 Å². The Morgan fingerprint density at radius 2 is 1.65 bits per heavy atom. The van der Waals surface area contributed by atoms with Gasteiger partial charge < -0.3 is 4.74 Å². The van der Waals surface area contributed by atoms with Crippen molar-refractivity contribution in [3.8, 4) is 5.75 Å². The van der Waals surface area contributed by atoms with Crippen molar-refractivity contribution in [2.24, 2.45) is 5.10 Å². The van der Waals surface area contributed by atoms with E-state index in [1.54, 1.807) is 18.3 Å². The Labute approximate surface area is 153 Å². The van der Waals surface area contributed by atoms with E-state index in [-0.39, 0.29) is 5.91 Å². The van der Waals surface area contributed by atoms with Crippen molar-refractivity contribution in [1.82, 2.24) is 5.43 Å². The van der Waals surface area contributed by atoms with Gasteiger partial charge in [0.15, 0.2) is 0 Å². The van der Waals surface area contributed by atoms with Crippen molar-refractivity contribution in [2.45, 2.75) is 13.5 Å². The van der Waals surface area contributed by atoms with Crippen LogP contribution in [0.5, 0.6) is 5.75 Å². The van der Waals surface area contributed by atoms with Crippen LogP contribution in [0.15, 0.2) is 84.0 Å². The molecule has 130 valence electrons. The van der Waals surface area contributed by atoms with E-state index in [0.29, 0.717) is 12.2 Å². The van der Waals surface area contributed by atoms with Crippen LogP contribution in [-0.4, -0.2) is 12.1 Å². The van der Waals surface area contributed by atoms with Crippen molar-refractivity contribution < 1.29 is 9.53 Å². The van der Waals surface area contributed by atoms with Crippen LogP contribution in [-0.2, 0) is 6.61 Å². The topological polar surface area (TPSA) is 50.7 Å². The largest absolute Gasteiger partial charge is 0.489 e. The van der Waals surface area contributed by atoms with E-state index in [2.05, 4.69) is 10.5 Å². The third kappa shape index (κ3) is 5.05. The molecule has 0 fully saturated rings. The monoisotopic (exact) mass is 344 g/mol. The molecule has 3 rings (SSSR count). The predicted molar refractivity (Wildman–Crippen MR) is 103 cm³/mol. The van der Waals surface area contributed by atoms with Gasteiger partial charge in [-0.05, 0) is 54.4 Å². The smallest absolute Gasteiger partial charge is 0.271 e. The summed E-state index contributed by atoms with van der Waals surface area (Å²) in [4.78, 5) is 12.0. The van der Waals surface area contributed by atoms with Gasteiger partial charge in [-0.15, -0.1) is 0 Å². The highest BCUT2D eigenvalue weighted by molar-refractivity contribution is 5.94. The molecule has 0 radical (unpaired) electrons. The minimum atomic E-state index is -0.232. The number of nitrogens with zero attached hydrogens (tertiary/aromatic N) is 1. The van der Waals surface area contributed by atoms with Crippen molar-refractivity contribution in [2.75, 3.05) is 0 Å². The number of rotatable bonds is 6. The zero-order valence-corrected chi connectivity index (χ0v) is 14.6. The molecule has 26 heavy (non-hydrogen) atoms. The Bertz CT molecular complexity index is 870. The number of carbonyl (C=O) groups excluding carboxylic acids is 1. The van der Waals surface area contributed by atoms with Crippen molar-refractivity contribution in [3.63, 3.8) is 0 Å². The standard InChI is InChI=1S/C22H20N2O2/c1-17-7-11-20(12-8-17)22(25)24-23-15-18-9-13-21(14-10-18)26-16-19-5-3-2-4-6-19/h2-15H,16H2,1H3,(H,24,25)/b23-15-. The molecule has 0 aliphatic heterocycles. The first-order valence-electron chi connectivity index (χ1n) is 8.37. The molecule has 0 aliphatic carbocycles. The second-order valence-electron chi connectivity index (χ2n) is 5.91. The number of hydrazone groups is 1. The summed E-state index contributed by atoms with van der Waals surface area (Å²) in [6.45, 7) is 2.51. The third-order valence-corrected chi connectivity index (χ3v) is 3.82. The van der Waals surface area contributed by atoms with Crippen LogP contribution < -0.4 is 10.2 Å². The van der Waals surface area contributed by atoms with Crippen LogP contribution in [0.3, 0.4) is 0 Å². The van der Waals surface area contributed by atoms with Crippen molar-refractivity contribution >= 4 is 12.1 Å². The highest BCUT2D eigenvalue weighted by atomic mass is 16.5. The summed E-state index contributed by atoms with van der Waals surface area (Å²) in [6, 6.07) is 24.9. The van der Waals surface area contributed by atoms with Crippen LogP contribution in [0, 0.1) is 6.92 Å². The maximum atomic E-state index is 12.0. The number of nitrogens with one attached hydrogen (secondary N) is 1. The molecule has 1 amide bonds. The van der Waals surface area contributed by atoms with Gasteiger partial charge in [-0.2, -0.15) is 5.10 Å². The average molecular weight is 344 g/mol. The summed E-state index contributed by atoms with van der Waals surface area (Å²) >= 11 is 0. The normalized spacial score (nSPS) is 10.7. The first-order chi connectivity index (χ1) is 12.7. The maximum Gasteiger partial charge on any atom is 0.271 e. The summed E-state index contributed by atoms with van der Waals surface area (Å²) in [5.74, 6) is 0.554. The summed E-state index contributed by atoms with van der Waals surface area (Å²) < 4.78 is 5.74. The van der Waals surface area contributed by atoms with Gasteiger partial charge in [-0.25, -0.2) is 5.43 Å². The lowest BCUT2D eigenvalue weighted by Gasteiger charge is -2.06. The van der Waals surface area contributed by atoms with E-state index in [0.717, 1.165) is 22.4 Å². The molecule has 0 atom stereocenters. The Morgan fingerprint density at radius 1 is 0.962 bits per heavy atom. The fraction of sp³-hybridized carbons (Fsp3) is 0.0909. The number of carbonyl (C=O) groups is 1. The molecule has 0 bridgehead atoms. The van der Waals surface area contributed by atoms with Gasteiger partial charge >= 0.3 is 0 Å². The minimum absolute atomic E-state index is 0.232. The number of benzene rings is 3. The zero-order chi connectivity index (χ0) is 18.2. The van der Waals surface area contributed by atoms with Gasteiger partial charge in [0, 0.05) is 5.56 Å². The molecule has 0 heterocycles. The van der Waals surface area contributed by atoms with Crippen LogP contribution in [0.2, 0.25) is 0 Å². The summed E-state index contributed by atoms with van der Waals surface area (Å²) in [5, 5.41) is 4.00. The molecule has 0 aliphatic rings. The minimum Gasteiger partial charge on any atom is -0.489 e. The predicted octanol–water partition coefficient (Wildman–Crippen LogP) is 4.34. The molecule has 0 saturated carbocycles. The van der Waals surface area contributed by atoms with E-state index in [1.807, 2.05) is 73.7 Å². The maximum absolute atomic E-state index is 12.0. The summed E-state index contributed by atoms with van der Waals surface area (Å²) in [6.07, 6.45) is 1.60. The van der Waals surface area contributed by atoms with Gasteiger partial charge in [-0.3, -0.25) is 4.79 Å². The van der Waals surface area contributed by atoms with Crippen LogP contribution in [0.1, 0.15) is 27.0 Å². The fourth-order valence-corrected chi connectivity index (χ4v) is 2.33. The van der Waals surface area contributed by atoms with Crippen LogP contribution in [0.4, 0.5) is 0 Å². The summed E-state index contributed by atoms with van der Waals surface area (Å²) in [5.41, 5.74) is 6.22. The number of aryl methyl sites for hydroxylation is 1. The SMILES string of the molecule is Cc1ccc(C(=O)N/N=C\c2ccc(OCc3ccccc3)cc2)cc1. The van der Waals surface area contributed by atoms with Crippen LogP contribution >= 0.6 is 0 Å². The number of ether oxygens (including phenoxy) is 1. The van der Waals surface area contributed by atoms with Crippen molar-refractivity contribution in [3.05, 3.63) is 101 Å². The Balaban J connectivity index is 1.51. The Hall–Kier alpha value is -3.40. The second-order valence-corrected chi connectivity index (χ2v) is 5.91. The van der Waals surface area contributed by atoms with Gasteiger partial charge in [0.2, 0.25) is 0 Å². The molecule has 1 N–H and O–H groups in total. The molecule has 4 heteroatoms. The fourth-order valence-electron chi connectivity index (χ4n) is 2.33. The van der Waals surface area contributed by atoms with Gasteiger partial charge in [0.25, 0.3) is 5.91 Å². The molecule has 0 spiro atoms. The molecule has 3 aromatic carbocycles.